The highest BCUT2D eigenvalue weighted by molar-refractivity contribution is 6.76. The van der Waals surface area contributed by atoms with E-state index in [-0.39, 0.29) is 30.9 Å². The van der Waals surface area contributed by atoms with Crippen molar-refractivity contribution in [3.05, 3.63) is 46.5 Å². The maximum Gasteiger partial charge on any atom is 0.255 e. The number of ether oxygens (including phenoxy) is 1. The molecule has 222 valence electrons. The van der Waals surface area contributed by atoms with Crippen LogP contribution in [0.15, 0.2) is 24.3 Å². The van der Waals surface area contributed by atoms with Gasteiger partial charge in [-0.3, -0.25) is 34.3 Å². The van der Waals surface area contributed by atoms with E-state index in [0.29, 0.717) is 37.4 Å². The number of likely N-dealkylation sites (tertiary alicyclic amines) is 1. The van der Waals surface area contributed by atoms with Gasteiger partial charge in [-0.1, -0.05) is 25.7 Å². The second-order valence-electron chi connectivity index (χ2n) is 13.1. The summed E-state index contributed by atoms with van der Waals surface area (Å²) in [6.07, 6.45) is 3.23. The Bertz CT molecular complexity index is 1450. The molecule has 2 aromatic rings. The SMILES string of the molecule is C[Si](C)(C)CCOCN1C(=O)Cc2c(CN3CCCC3)cc(-c3ccc4c(c3)CN(C3CCC(=O)NC3=O)C4=O)nc21. The van der Waals surface area contributed by atoms with Crippen LogP contribution in [0.4, 0.5) is 5.82 Å². The van der Waals surface area contributed by atoms with Gasteiger partial charge in [0, 0.05) is 50.9 Å². The number of fused-ring (bicyclic) bond motifs is 2. The van der Waals surface area contributed by atoms with Gasteiger partial charge in [0.15, 0.2) is 0 Å². The molecular weight excluding hydrogens is 550 g/mol. The summed E-state index contributed by atoms with van der Waals surface area (Å²) in [7, 11) is -1.26. The molecule has 10 nitrogen and oxygen atoms in total. The number of rotatable bonds is 9. The first kappa shape index (κ1) is 28.7. The van der Waals surface area contributed by atoms with Gasteiger partial charge in [-0.25, -0.2) is 4.98 Å². The third-order valence-corrected chi connectivity index (χ3v) is 10.4. The zero-order chi connectivity index (χ0) is 29.6. The summed E-state index contributed by atoms with van der Waals surface area (Å²) in [5.74, 6) is -0.249. The molecular formula is C31H39N5O5Si. The number of hydrogen-bond acceptors (Lipinski definition) is 7. The van der Waals surface area contributed by atoms with E-state index in [0.717, 1.165) is 53.6 Å². The Labute approximate surface area is 247 Å². The quantitative estimate of drug-likeness (QED) is 0.271. The van der Waals surface area contributed by atoms with E-state index in [9.17, 15) is 19.2 Å². The summed E-state index contributed by atoms with van der Waals surface area (Å²) in [4.78, 5) is 61.2. The summed E-state index contributed by atoms with van der Waals surface area (Å²) in [6, 6.07) is 8.13. The summed E-state index contributed by atoms with van der Waals surface area (Å²) < 4.78 is 5.99. The molecule has 1 unspecified atom stereocenters. The van der Waals surface area contributed by atoms with Crippen molar-refractivity contribution >= 4 is 37.5 Å². The molecule has 6 rings (SSSR count). The van der Waals surface area contributed by atoms with Gasteiger partial charge < -0.3 is 9.64 Å². The van der Waals surface area contributed by atoms with Crippen LogP contribution in [0.25, 0.3) is 11.3 Å². The monoisotopic (exact) mass is 589 g/mol. The number of hydrogen-bond donors (Lipinski definition) is 1. The standard InChI is InChI=1S/C31H39N5O5Si/c1-42(2,3)13-12-41-19-36-28(38)16-24-22(17-34-10-4-5-11-34)15-25(32-29(24)36)20-6-7-23-21(14-20)18-35(31(23)40)26-8-9-27(37)33-30(26)39/h6-7,14-15,26H,4-5,8-13,16-19H2,1-3H3,(H,33,37,39). The lowest BCUT2D eigenvalue weighted by Crippen LogP contribution is -2.52. The highest BCUT2D eigenvalue weighted by Gasteiger charge is 2.39. The minimum atomic E-state index is -1.26. The van der Waals surface area contributed by atoms with Gasteiger partial charge in [-0.05, 0) is 67.7 Å². The number of imide groups is 1. The fourth-order valence-corrected chi connectivity index (χ4v) is 7.02. The Morgan fingerprint density at radius 1 is 1.07 bits per heavy atom. The van der Waals surface area contributed by atoms with Crippen molar-refractivity contribution in [3.8, 4) is 11.3 Å². The molecule has 0 bridgehead atoms. The average Bonchev–Trinajstić information content (AvgIpc) is 3.64. The molecule has 1 atom stereocenters. The van der Waals surface area contributed by atoms with Crippen molar-refractivity contribution in [2.24, 2.45) is 0 Å². The van der Waals surface area contributed by atoms with Gasteiger partial charge in [-0.2, -0.15) is 0 Å². The van der Waals surface area contributed by atoms with Gasteiger partial charge in [0.05, 0.1) is 12.1 Å². The fraction of sp³-hybridized carbons (Fsp3) is 0.516. The molecule has 0 radical (unpaired) electrons. The number of nitrogens with one attached hydrogen (secondary N) is 1. The number of amides is 4. The van der Waals surface area contributed by atoms with Crippen molar-refractivity contribution in [2.75, 3.05) is 31.3 Å². The minimum Gasteiger partial charge on any atom is -0.361 e. The molecule has 5 heterocycles. The molecule has 1 N–H and O–H groups in total. The maximum atomic E-state index is 13.2. The summed E-state index contributed by atoms with van der Waals surface area (Å²) in [5, 5.41) is 2.36. The van der Waals surface area contributed by atoms with Crippen molar-refractivity contribution in [1.29, 1.82) is 0 Å². The maximum absolute atomic E-state index is 13.2. The zero-order valence-electron chi connectivity index (χ0n) is 24.7. The molecule has 2 saturated heterocycles. The topological polar surface area (TPSA) is 112 Å². The van der Waals surface area contributed by atoms with Crippen LogP contribution in [-0.4, -0.2) is 79.0 Å². The van der Waals surface area contributed by atoms with Gasteiger partial charge in [-0.15, -0.1) is 0 Å². The van der Waals surface area contributed by atoms with Crippen molar-refractivity contribution in [1.82, 2.24) is 20.1 Å². The van der Waals surface area contributed by atoms with Crippen LogP contribution in [-0.2, 0) is 38.6 Å². The summed E-state index contributed by atoms with van der Waals surface area (Å²) in [5.41, 5.74) is 5.08. The normalized spacial score (nSPS) is 20.9. The van der Waals surface area contributed by atoms with Crippen LogP contribution in [0.5, 0.6) is 0 Å². The van der Waals surface area contributed by atoms with E-state index in [1.807, 2.05) is 12.1 Å². The first-order valence-electron chi connectivity index (χ1n) is 15.0. The molecule has 0 saturated carbocycles. The third-order valence-electron chi connectivity index (χ3n) is 8.71. The predicted octanol–water partition coefficient (Wildman–Crippen LogP) is 3.31. The lowest BCUT2D eigenvalue weighted by molar-refractivity contribution is -0.137. The van der Waals surface area contributed by atoms with E-state index in [2.05, 4.69) is 35.9 Å². The number of pyridine rings is 1. The van der Waals surface area contributed by atoms with Crippen molar-refractivity contribution in [2.45, 2.75) is 76.9 Å². The van der Waals surface area contributed by atoms with Crippen LogP contribution >= 0.6 is 0 Å². The van der Waals surface area contributed by atoms with Gasteiger partial charge in [0.1, 0.15) is 18.6 Å². The lowest BCUT2D eigenvalue weighted by atomic mass is 10.00. The number of aromatic nitrogens is 1. The highest BCUT2D eigenvalue weighted by Crippen LogP contribution is 2.36. The minimum absolute atomic E-state index is 0.00441. The van der Waals surface area contributed by atoms with E-state index in [1.54, 1.807) is 15.9 Å². The second kappa shape index (κ2) is 11.3. The predicted molar refractivity (Wildman–Crippen MR) is 160 cm³/mol. The van der Waals surface area contributed by atoms with Gasteiger partial charge >= 0.3 is 0 Å². The van der Waals surface area contributed by atoms with Crippen molar-refractivity contribution in [3.63, 3.8) is 0 Å². The zero-order valence-corrected chi connectivity index (χ0v) is 25.7. The molecule has 11 heteroatoms. The number of carbonyl (C=O) groups excluding carboxylic acids is 4. The smallest absolute Gasteiger partial charge is 0.255 e. The number of nitrogens with zero attached hydrogens (tertiary/aromatic N) is 4. The van der Waals surface area contributed by atoms with Gasteiger partial charge in [0.2, 0.25) is 17.7 Å². The molecule has 4 amide bonds. The summed E-state index contributed by atoms with van der Waals surface area (Å²) in [6.45, 7) is 10.9. The average molecular weight is 590 g/mol. The number of carbonyl (C=O) groups is 4. The Morgan fingerprint density at radius 2 is 1.86 bits per heavy atom. The number of anilines is 1. The Hall–Kier alpha value is -3.41. The van der Waals surface area contributed by atoms with Crippen molar-refractivity contribution < 1.29 is 23.9 Å². The molecule has 4 aliphatic rings. The van der Waals surface area contributed by atoms with Gasteiger partial charge in [0.25, 0.3) is 5.91 Å². The molecule has 42 heavy (non-hydrogen) atoms. The molecule has 4 aliphatic heterocycles. The van der Waals surface area contributed by atoms with Crippen LogP contribution in [0.2, 0.25) is 25.7 Å². The molecule has 0 aliphatic carbocycles. The lowest BCUT2D eigenvalue weighted by Gasteiger charge is -2.29. The van der Waals surface area contributed by atoms with E-state index in [4.69, 9.17) is 9.72 Å². The fourth-order valence-electron chi connectivity index (χ4n) is 6.26. The van der Waals surface area contributed by atoms with Crippen LogP contribution in [0.3, 0.4) is 0 Å². The molecule has 1 aromatic heterocycles. The Balaban J connectivity index is 1.29. The first-order valence-corrected chi connectivity index (χ1v) is 18.7. The van der Waals surface area contributed by atoms with E-state index >= 15 is 0 Å². The van der Waals surface area contributed by atoms with Crippen LogP contribution in [0.1, 0.15) is 52.7 Å². The highest BCUT2D eigenvalue weighted by atomic mass is 28.3. The molecule has 2 fully saturated rings. The van der Waals surface area contributed by atoms with E-state index in [1.165, 1.54) is 12.8 Å². The van der Waals surface area contributed by atoms with Crippen LogP contribution < -0.4 is 10.2 Å². The third kappa shape index (κ3) is 5.77. The largest absolute Gasteiger partial charge is 0.361 e. The van der Waals surface area contributed by atoms with E-state index < -0.39 is 20.0 Å². The second-order valence-corrected chi connectivity index (χ2v) is 18.7. The summed E-state index contributed by atoms with van der Waals surface area (Å²) >= 11 is 0. The molecule has 1 aromatic carbocycles. The first-order chi connectivity index (χ1) is 20.1. The Morgan fingerprint density at radius 3 is 2.60 bits per heavy atom. The van der Waals surface area contributed by atoms with Crippen LogP contribution in [0, 0.1) is 0 Å². The number of piperidine rings is 1. The number of benzene rings is 1. The Kier molecular flexibility index (Phi) is 7.75. The molecule has 0 spiro atoms.